The lowest BCUT2D eigenvalue weighted by Crippen LogP contribution is -2.42. The Morgan fingerprint density at radius 1 is 1.30 bits per heavy atom. The number of nitrogens with one attached hydrogen (secondary N) is 1. The summed E-state index contributed by atoms with van der Waals surface area (Å²) in [4.78, 5) is 2.40. The van der Waals surface area contributed by atoms with E-state index in [1.54, 1.807) is 0 Å². The zero-order valence-electron chi connectivity index (χ0n) is 12.8. The molecule has 2 N–H and O–H groups in total. The van der Waals surface area contributed by atoms with Crippen LogP contribution in [0.25, 0.3) is 0 Å². The van der Waals surface area contributed by atoms with Gasteiger partial charge in [-0.3, -0.25) is 0 Å². The van der Waals surface area contributed by atoms with E-state index in [4.69, 9.17) is 0 Å². The second kappa shape index (κ2) is 7.65. The van der Waals surface area contributed by atoms with E-state index in [1.807, 2.05) is 0 Å². The molecule has 1 saturated heterocycles. The quantitative estimate of drug-likeness (QED) is 0.838. The zero-order valence-corrected chi connectivity index (χ0v) is 12.8. The predicted octanol–water partition coefficient (Wildman–Crippen LogP) is 2.78. The van der Waals surface area contributed by atoms with Crippen LogP contribution in [0.1, 0.15) is 38.7 Å². The Morgan fingerprint density at radius 2 is 2.10 bits per heavy atom. The average Bonchev–Trinajstić information content (AvgIpc) is 2.47. The molecule has 1 unspecified atom stereocenters. The van der Waals surface area contributed by atoms with Crippen LogP contribution >= 0.6 is 0 Å². The van der Waals surface area contributed by atoms with Gasteiger partial charge in [0.25, 0.3) is 0 Å². The van der Waals surface area contributed by atoms with Crippen molar-refractivity contribution < 1.29 is 5.11 Å². The Hall–Kier alpha value is -1.06. The molecule has 1 aliphatic rings. The van der Waals surface area contributed by atoms with E-state index in [0.717, 1.165) is 26.1 Å². The lowest BCUT2D eigenvalue weighted by Gasteiger charge is -2.37. The van der Waals surface area contributed by atoms with E-state index >= 15 is 0 Å². The summed E-state index contributed by atoms with van der Waals surface area (Å²) >= 11 is 0. The summed E-state index contributed by atoms with van der Waals surface area (Å²) in [6, 6.07) is 8.89. The summed E-state index contributed by atoms with van der Waals surface area (Å²) in [5.74, 6) is 0.669. The van der Waals surface area contributed by atoms with E-state index in [9.17, 15) is 5.11 Å². The minimum Gasteiger partial charge on any atom is -0.394 e. The summed E-state index contributed by atoms with van der Waals surface area (Å²) < 4.78 is 0. The molecule has 0 aliphatic carbocycles. The molecule has 0 amide bonds. The van der Waals surface area contributed by atoms with E-state index in [1.165, 1.54) is 24.1 Å². The molecule has 0 spiro atoms. The first-order valence-corrected chi connectivity index (χ1v) is 7.88. The molecule has 2 rings (SSSR count). The van der Waals surface area contributed by atoms with Crippen molar-refractivity contribution in [2.75, 3.05) is 24.6 Å². The maximum absolute atomic E-state index is 9.61. The highest BCUT2D eigenvalue weighted by Crippen LogP contribution is 2.27. The summed E-state index contributed by atoms with van der Waals surface area (Å²) in [5, 5.41) is 13.1. The molecule has 0 aromatic heterocycles. The van der Waals surface area contributed by atoms with Gasteiger partial charge in [-0.05, 0) is 43.4 Å². The first-order valence-electron chi connectivity index (χ1n) is 7.88. The number of para-hydroxylation sites is 1. The largest absolute Gasteiger partial charge is 0.394 e. The van der Waals surface area contributed by atoms with Gasteiger partial charge in [0.05, 0.1) is 12.6 Å². The third kappa shape index (κ3) is 3.97. The van der Waals surface area contributed by atoms with Crippen LogP contribution in [0.3, 0.4) is 0 Å². The molecule has 1 heterocycles. The third-order valence-electron chi connectivity index (χ3n) is 4.01. The Balaban J connectivity index is 2.09. The molecule has 1 atom stereocenters. The summed E-state index contributed by atoms with van der Waals surface area (Å²) in [6.07, 6.45) is 3.56. The molecule has 0 radical (unpaired) electrons. The second-order valence-corrected chi connectivity index (χ2v) is 6.18. The molecule has 0 saturated carbocycles. The van der Waals surface area contributed by atoms with Crippen LogP contribution in [0.5, 0.6) is 0 Å². The smallest absolute Gasteiger partial charge is 0.0635 e. The molecular weight excluding hydrogens is 248 g/mol. The minimum absolute atomic E-state index is 0.258. The topological polar surface area (TPSA) is 35.5 Å². The molecule has 20 heavy (non-hydrogen) atoms. The van der Waals surface area contributed by atoms with Crippen LogP contribution < -0.4 is 10.2 Å². The Labute approximate surface area is 123 Å². The molecular formula is C17H28N2O. The van der Waals surface area contributed by atoms with Gasteiger partial charge >= 0.3 is 0 Å². The molecule has 3 nitrogen and oxygen atoms in total. The molecule has 1 aromatic carbocycles. The zero-order chi connectivity index (χ0) is 14.4. The van der Waals surface area contributed by atoms with Crippen LogP contribution in [0, 0.1) is 5.92 Å². The van der Waals surface area contributed by atoms with Gasteiger partial charge < -0.3 is 15.3 Å². The van der Waals surface area contributed by atoms with Gasteiger partial charge in [-0.25, -0.2) is 0 Å². The van der Waals surface area contributed by atoms with Crippen LogP contribution in [0.2, 0.25) is 0 Å². The number of hydrogen-bond acceptors (Lipinski definition) is 3. The van der Waals surface area contributed by atoms with Gasteiger partial charge in [-0.1, -0.05) is 32.0 Å². The number of aliphatic hydroxyl groups is 1. The molecule has 0 bridgehead atoms. The van der Waals surface area contributed by atoms with Crippen molar-refractivity contribution in [2.45, 2.75) is 45.7 Å². The first kappa shape index (κ1) is 15.3. The number of anilines is 1. The van der Waals surface area contributed by atoms with E-state index in [2.05, 4.69) is 48.3 Å². The van der Waals surface area contributed by atoms with Crippen molar-refractivity contribution in [2.24, 2.45) is 5.92 Å². The first-order chi connectivity index (χ1) is 9.72. The third-order valence-corrected chi connectivity index (χ3v) is 4.01. The van der Waals surface area contributed by atoms with Crippen LogP contribution in [0.15, 0.2) is 24.3 Å². The fraction of sp³-hybridized carbons (Fsp3) is 0.647. The average molecular weight is 276 g/mol. The van der Waals surface area contributed by atoms with Crippen molar-refractivity contribution in [3.05, 3.63) is 29.8 Å². The summed E-state index contributed by atoms with van der Waals surface area (Å²) in [7, 11) is 0. The van der Waals surface area contributed by atoms with Crippen molar-refractivity contribution in [1.82, 2.24) is 5.32 Å². The second-order valence-electron chi connectivity index (χ2n) is 6.18. The molecule has 3 heteroatoms. The normalized spacial score (nSPS) is 19.6. The molecule has 1 aromatic rings. The van der Waals surface area contributed by atoms with Crippen molar-refractivity contribution in [1.29, 1.82) is 0 Å². The number of aliphatic hydroxyl groups excluding tert-OH is 1. The van der Waals surface area contributed by atoms with E-state index < -0.39 is 0 Å². The number of piperidine rings is 1. The molecule has 112 valence electrons. The Kier molecular flexibility index (Phi) is 5.86. The van der Waals surface area contributed by atoms with Crippen molar-refractivity contribution in [3.63, 3.8) is 0 Å². The summed E-state index contributed by atoms with van der Waals surface area (Å²) in [5.41, 5.74) is 2.64. The van der Waals surface area contributed by atoms with Crippen LogP contribution in [0.4, 0.5) is 5.69 Å². The lowest BCUT2D eigenvalue weighted by atomic mass is 10.00. The highest BCUT2D eigenvalue weighted by Gasteiger charge is 2.23. The van der Waals surface area contributed by atoms with Crippen LogP contribution in [-0.4, -0.2) is 30.8 Å². The Bertz CT molecular complexity index is 406. The van der Waals surface area contributed by atoms with Crippen molar-refractivity contribution in [3.8, 4) is 0 Å². The maximum atomic E-state index is 9.61. The van der Waals surface area contributed by atoms with Gasteiger partial charge in [0.15, 0.2) is 0 Å². The van der Waals surface area contributed by atoms with E-state index in [0.29, 0.717) is 5.92 Å². The number of rotatable bonds is 6. The Morgan fingerprint density at radius 3 is 2.85 bits per heavy atom. The number of nitrogens with zero attached hydrogens (tertiary/aromatic N) is 1. The number of hydrogen-bond donors (Lipinski definition) is 2. The van der Waals surface area contributed by atoms with Gasteiger partial charge in [-0.2, -0.15) is 0 Å². The van der Waals surface area contributed by atoms with E-state index in [-0.39, 0.29) is 12.6 Å². The van der Waals surface area contributed by atoms with Crippen molar-refractivity contribution >= 4 is 5.69 Å². The lowest BCUT2D eigenvalue weighted by molar-refractivity contribution is 0.240. The maximum Gasteiger partial charge on any atom is 0.0635 e. The summed E-state index contributed by atoms with van der Waals surface area (Å²) in [6.45, 7) is 7.72. The van der Waals surface area contributed by atoms with Gasteiger partial charge in [0, 0.05) is 18.8 Å². The predicted molar refractivity (Wildman–Crippen MR) is 85.1 cm³/mol. The highest BCUT2D eigenvalue weighted by molar-refractivity contribution is 5.54. The van der Waals surface area contributed by atoms with Crippen LogP contribution in [-0.2, 0) is 6.54 Å². The fourth-order valence-corrected chi connectivity index (χ4v) is 2.94. The SMILES string of the molecule is CC(C)CNCc1ccccc1N1CCCCC1CO. The highest BCUT2D eigenvalue weighted by atomic mass is 16.3. The van der Waals surface area contributed by atoms with Gasteiger partial charge in [0.1, 0.15) is 0 Å². The standard InChI is InChI=1S/C17H28N2O/c1-14(2)11-18-12-15-7-3-4-9-17(15)19-10-6-5-8-16(19)13-20/h3-4,7,9,14,16,18,20H,5-6,8,10-13H2,1-2H3. The monoisotopic (exact) mass is 276 g/mol. The molecule has 1 fully saturated rings. The minimum atomic E-state index is 0.258. The molecule has 1 aliphatic heterocycles. The van der Waals surface area contributed by atoms with Gasteiger partial charge in [-0.15, -0.1) is 0 Å². The number of benzene rings is 1. The fourth-order valence-electron chi connectivity index (χ4n) is 2.94. The van der Waals surface area contributed by atoms with Gasteiger partial charge in [0.2, 0.25) is 0 Å².